The Balaban J connectivity index is 1.52. The highest BCUT2D eigenvalue weighted by molar-refractivity contribution is 7.89. The first-order valence-electron chi connectivity index (χ1n) is 7.83. The molecule has 3 rings (SSSR count). The number of hydrogen-bond acceptors (Lipinski definition) is 7. The largest absolute Gasteiger partial charge is 0.494 e. The molecule has 0 amide bonds. The first kappa shape index (κ1) is 18.8. The zero-order valence-corrected chi connectivity index (χ0v) is 15.1. The lowest BCUT2D eigenvalue weighted by Crippen LogP contribution is -2.28. The molecule has 0 aliphatic carbocycles. The summed E-state index contributed by atoms with van der Waals surface area (Å²) in [6.45, 7) is -0.00968. The highest BCUT2D eigenvalue weighted by atomic mass is 32.2. The molecule has 2 aromatic heterocycles. The van der Waals surface area contributed by atoms with Crippen molar-refractivity contribution in [2.75, 3.05) is 20.3 Å². The third-order valence-electron chi connectivity index (χ3n) is 3.49. The smallest absolute Gasteiger partial charge is 0.240 e. The van der Waals surface area contributed by atoms with Crippen LogP contribution in [0.4, 0.5) is 4.39 Å². The zero-order chi connectivity index (χ0) is 19.3. The van der Waals surface area contributed by atoms with Gasteiger partial charge >= 0.3 is 0 Å². The SMILES string of the molecule is COc1ccc(S(=O)(=O)NCCOc2ccc(-c3ccco3)nn2)cc1F. The molecule has 2 heterocycles. The van der Waals surface area contributed by atoms with Crippen LogP contribution in [-0.2, 0) is 10.0 Å². The van der Waals surface area contributed by atoms with Crippen molar-refractivity contribution in [3.63, 3.8) is 0 Å². The van der Waals surface area contributed by atoms with Gasteiger partial charge in [0.2, 0.25) is 15.9 Å². The topological polar surface area (TPSA) is 104 Å². The Morgan fingerprint density at radius 1 is 1.19 bits per heavy atom. The molecule has 0 fully saturated rings. The second-order valence-corrected chi connectivity index (χ2v) is 7.04. The summed E-state index contributed by atoms with van der Waals surface area (Å²) in [5.74, 6) is 0.0194. The Hall–Kier alpha value is -2.98. The molecule has 1 N–H and O–H groups in total. The number of methoxy groups -OCH3 is 1. The molecule has 0 spiro atoms. The van der Waals surface area contributed by atoms with Gasteiger partial charge in [-0.25, -0.2) is 17.5 Å². The molecular formula is C17H16FN3O5S. The first-order valence-corrected chi connectivity index (χ1v) is 9.31. The number of nitrogens with one attached hydrogen (secondary N) is 1. The number of aromatic nitrogens is 2. The minimum Gasteiger partial charge on any atom is -0.494 e. The van der Waals surface area contributed by atoms with E-state index in [4.69, 9.17) is 13.9 Å². The van der Waals surface area contributed by atoms with Gasteiger partial charge in [-0.2, -0.15) is 0 Å². The molecular weight excluding hydrogens is 377 g/mol. The molecule has 8 nitrogen and oxygen atoms in total. The number of sulfonamides is 1. The third-order valence-corrected chi connectivity index (χ3v) is 4.95. The molecule has 3 aromatic rings. The molecule has 0 atom stereocenters. The van der Waals surface area contributed by atoms with Crippen LogP contribution in [0.5, 0.6) is 11.6 Å². The van der Waals surface area contributed by atoms with E-state index in [0.29, 0.717) is 11.5 Å². The summed E-state index contributed by atoms with van der Waals surface area (Å²) in [5, 5.41) is 7.85. The van der Waals surface area contributed by atoms with Gasteiger partial charge in [-0.1, -0.05) is 0 Å². The number of ether oxygens (including phenoxy) is 2. The summed E-state index contributed by atoms with van der Waals surface area (Å²) < 4.78 is 55.6. The summed E-state index contributed by atoms with van der Waals surface area (Å²) >= 11 is 0. The standard InChI is InChI=1S/C17H16FN3O5S/c1-24-15-6-4-12(11-13(15)18)27(22,23)19-8-10-26-17-7-5-14(20-21-17)16-3-2-9-25-16/h2-7,9,11,19H,8,10H2,1H3. The fraction of sp³-hybridized carbons (Fsp3) is 0.176. The highest BCUT2D eigenvalue weighted by Gasteiger charge is 2.16. The Morgan fingerprint density at radius 3 is 2.67 bits per heavy atom. The van der Waals surface area contributed by atoms with Crippen molar-refractivity contribution < 1.29 is 26.7 Å². The van der Waals surface area contributed by atoms with Crippen LogP contribution in [0, 0.1) is 5.82 Å². The van der Waals surface area contributed by atoms with Crippen molar-refractivity contribution in [1.29, 1.82) is 0 Å². The maximum absolute atomic E-state index is 13.7. The van der Waals surface area contributed by atoms with E-state index in [1.54, 1.807) is 24.3 Å². The lowest BCUT2D eigenvalue weighted by molar-refractivity contribution is 0.307. The van der Waals surface area contributed by atoms with E-state index in [0.717, 1.165) is 6.07 Å². The average Bonchev–Trinajstić information content (AvgIpc) is 3.20. The van der Waals surface area contributed by atoms with Gasteiger partial charge in [0.1, 0.15) is 12.3 Å². The molecule has 0 unspecified atom stereocenters. The molecule has 27 heavy (non-hydrogen) atoms. The van der Waals surface area contributed by atoms with Crippen molar-refractivity contribution in [1.82, 2.24) is 14.9 Å². The van der Waals surface area contributed by atoms with Gasteiger partial charge in [0, 0.05) is 12.6 Å². The molecule has 0 radical (unpaired) electrons. The summed E-state index contributed by atoms with van der Waals surface area (Å²) in [5.41, 5.74) is 0.551. The summed E-state index contributed by atoms with van der Waals surface area (Å²) in [4.78, 5) is -0.205. The third kappa shape index (κ3) is 4.60. The molecule has 0 saturated carbocycles. The average molecular weight is 393 g/mol. The monoisotopic (exact) mass is 393 g/mol. The van der Waals surface area contributed by atoms with Crippen LogP contribution in [-0.4, -0.2) is 38.9 Å². The quantitative estimate of drug-likeness (QED) is 0.585. The normalized spacial score (nSPS) is 11.3. The van der Waals surface area contributed by atoms with Gasteiger partial charge in [-0.15, -0.1) is 10.2 Å². The number of halogens is 1. The second-order valence-electron chi connectivity index (χ2n) is 5.28. The molecule has 10 heteroatoms. The van der Waals surface area contributed by atoms with E-state index in [2.05, 4.69) is 14.9 Å². The van der Waals surface area contributed by atoms with Crippen LogP contribution >= 0.6 is 0 Å². The number of furan rings is 1. The van der Waals surface area contributed by atoms with Gasteiger partial charge in [-0.05, 0) is 36.4 Å². The van der Waals surface area contributed by atoms with E-state index in [-0.39, 0.29) is 29.7 Å². The van der Waals surface area contributed by atoms with Gasteiger partial charge in [0.25, 0.3) is 0 Å². The predicted molar refractivity (Wildman–Crippen MR) is 93.4 cm³/mol. The van der Waals surface area contributed by atoms with Crippen molar-refractivity contribution in [3.8, 4) is 23.1 Å². The van der Waals surface area contributed by atoms with E-state index in [1.807, 2.05) is 0 Å². The van der Waals surface area contributed by atoms with Gasteiger partial charge < -0.3 is 13.9 Å². The van der Waals surface area contributed by atoms with Crippen LogP contribution in [0.3, 0.4) is 0 Å². The van der Waals surface area contributed by atoms with Crippen molar-refractivity contribution >= 4 is 10.0 Å². The molecule has 1 aromatic carbocycles. The van der Waals surface area contributed by atoms with Crippen LogP contribution in [0.15, 0.2) is 58.0 Å². The summed E-state index contributed by atoms with van der Waals surface area (Å²) in [6, 6.07) is 10.1. The van der Waals surface area contributed by atoms with Gasteiger partial charge in [-0.3, -0.25) is 0 Å². The molecule has 0 aliphatic rings. The molecule has 0 bridgehead atoms. The molecule has 142 valence electrons. The Labute approximate surface area is 155 Å². The Morgan fingerprint density at radius 2 is 2.04 bits per heavy atom. The van der Waals surface area contributed by atoms with E-state index >= 15 is 0 Å². The van der Waals surface area contributed by atoms with Crippen molar-refractivity contribution in [2.45, 2.75) is 4.90 Å². The van der Waals surface area contributed by atoms with Crippen molar-refractivity contribution in [3.05, 3.63) is 54.5 Å². The minimum absolute atomic E-state index is 0.0205. The predicted octanol–water partition coefficient (Wildman–Crippen LogP) is 2.24. The maximum atomic E-state index is 13.7. The number of hydrogen-bond donors (Lipinski definition) is 1. The molecule has 0 aliphatic heterocycles. The van der Waals surface area contributed by atoms with Crippen molar-refractivity contribution in [2.24, 2.45) is 0 Å². The van der Waals surface area contributed by atoms with Gasteiger partial charge in [0.15, 0.2) is 17.3 Å². The van der Waals surface area contributed by atoms with Crippen LogP contribution < -0.4 is 14.2 Å². The fourth-order valence-electron chi connectivity index (χ4n) is 2.18. The maximum Gasteiger partial charge on any atom is 0.240 e. The summed E-state index contributed by atoms with van der Waals surface area (Å²) in [6.07, 6.45) is 1.53. The number of rotatable bonds is 8. The summed E-state index contributed by atoms with van der Waals surface area (Å²) in [7, 11) is -2.57. The Kier molecular flexibility index (Phi) is 5.67. The highest BCUT2D eigenvalue weighted by Crippen LogP contribution is 2.20. The first-order chi connectivity index (χ1) is 13.0. The van der Waals surface area contributed by atoms with Crippen LogP contribution in [0.25, 0.3) is 11.5 Å². The zero-order valence-electron chi connectivity index (χ0n) is 14.3. The van der Waals surface area contributed by atoms with Crippen LogP contribution in [0.2, 0.25) is 0 Å². The van der Waals surface area contributed by atoms with E-state index in [9.17, 15) is 12.8 Å². The molecule has 0 saturated heterocycles. The lowest BCUT2D eigenvalue weighted by Gasteiger charge is -2.09. The number of nitrogens with zero attached hydrogens (tertiary/aromatic N) is 2. The second kappa shape index (κ2) is 8.14. The minimum atomic E-state index is -3.87. The van der Waals surface area contributed by atoms with E-state index in [1.165, 1.54) is 25.5 Å². The lowest BCUT2D eigenvalue weighted by atomic mass is 10.3. The number of benzene rings is 1. The van der Waals surface area contributed by atoms with Crippen LogP contribution in [0.1, 0.15) is 0 Å². The Bertz CT molecular complexity index is 992. The van der Waals surface area contributed by atoms with Gasteiger partial charge in [0.05, 0.1) is 18.3 Å². The fourth-order valence-corrected chi connectivity index (χ4v) is 3.21. The van der Waals surface area contributed by atoms with E-state index < -0.39 is 15.8 Å².